The van der Waals surface area contributed by atoms with E-state index in [1.165, 1.54) is 6.07 Å². The van der Waals surface area contributed by atoms with E-state index in [9.17, 15) is 10.1 Å². The number of nitrogens with two attached hydrogens (primary N) is 1. The third kappa shape index (κ3) is 3.88. The molecule has 8 heteroatoms. The second kappa shape index (κ2) is 6.80. The zero-order chi connectivity index (χ0) is 13.5. The van der Waals surface area contributed by atoms with Gasteiger partial charge in [0.15, 0.2) is 0 Å². The topological polar surface area (TPSA) is 111 Å². The molecule has 18 heavy (non-hydrogen) atoms. The number of nitro groups is 1. The third-order valence-electron chi connectivity index (χ3n) is 2.09. The van der Waals surface area contributed by atoms with Crippen LogP contribution in [0.4, 0.5) is 5.69 Å². The van der Waals surface area contributed by atoms with E-state index in [1.54, 1.807) is 12.1 Å². The van der Waals surface area contributed by atoms with Gasteiger partial charge in [0.2, 0.25) is 5.75 Å². The van der Waals surface area contributed by atoms with Crippen molar-refractivity contribution >= 4 is 27.5 Å². The second-order valence-corrected chi connectivity index (χ2v) is 4.24. The van der Waals surface area contributed by atoms with Crippen LogP contribution in [0.2, 0.25) is 0 Å². The maximum atomic E-state index is 10.8. The summed E-state index contributed by atoms with van der Waals surface area (Å²) in [6, 6.07) is 4.58. The molecule has 1 rings (SSSR count). The number of para-hydroxylation sites is 1. The predicted octanol–water partition coefficient (Wildman–Crippen LogP) is 2.26. The number of nitro benzene ring substituents is 1. The fourth-order valence-corrected chi connectivity index (χ4v) is 1.73. The molecule has 0 aliphatic heterocycles. The highest BCUT2D eigenvalue weighted by Gasteiger charge is 2.17. The Bertz CT molecular complexity index is 464. The van der Waals surface area contributed by atoms with Crippen molar-refractivity contribution in [3.63, 3.8) is 0 Å². The lowest BCUT2D eigenvalue weighted by molar-refractivity contribution is -0.386. The number of benzene rings is 1. The van der Waals surface area contributed by atoms with Gasteiger partial charge in [0, 0.05) is 12.5 Å². The Balaban J connectivity index is 2.64. The van der Waals surface area contributed by atoms with Crippen molar-refractivity contribution in [2.75, 3.05) is 6.61 Å². The minimum atomic E-state index is -0.510. The highest BCUT2D eigenvalue weighted by molar-refractivity contribution is 9.10. The highest BCUT2D eigenvalue weighted by Crippen LogP contribution is 2.34. The molecule has 0 amide bonds. The van der Waals surface area contributed by atoms with Crippen molar-refractivity contribution in [2.24, 2.45) is 10.9 Å². The predicted molar refractivity (Wildman–Crippen MR) is 68.9 cm³/mol. The number of halogens is 1. The van der Waals surface area contributed by atoms with Gasteiger partial charge in [-0.1, -0.05) is 11.2 Å². The van der Waals surface area contributed by atoms with Gasteiger partial charge < -0.3 is 15.7 Å². The molecule has 0 spiro atoms. The van der Waals surface area contributed by atoms with Crippen LogP contribution in [-0.2, 0) is 0 Å². The summed E-state index contributed by atoms with van der Waals surface area (Å²) in [4.78, 5) is 10.3. The number of oxime groups is 1. The van der Waals surface area contributed by atoms with Crippen LogP contribution in [0.3, 0.4) is 0 Å². The van der Waals surface area contributed by atoms with Gasteiger partial charge in [-0.2, -0.15) is 0 Å². The molecule has 1 aromatic carbocycles. The first-order valence-electron chi connectivity index (χ1n) is 5.08. The van der Waals surface area contributed by atoms with Crippen LogP contribution in [0.15, 0.2) is 27.8 Å². The minimum absolute atomic E-state index is 0.0974. The number of hydrogen-bond acceptors (Lipinski definition) is 5. The summed E-state index contributed by atoms with van der Waals surface area (Å²) >= 11 is 3.19. The smallest absolute Gasteiger partial charge is 0.312 e. The number of nitrogens with zero attached hydrogens (tertiary/aromatic N) is 2. The molecule has 0 atom stereocenters. The van der Waals surface area contributed by atoms with Gasteiger partial charge in [0.1, 0.15) is 5.84 Å². The molecule has 0 bridgehead atoms. The zero-order valence-corrected chi connectivity index (χ0v) is 11.0. The molecule has 0 heterocycles. The molecule has 1 aromatic rings. The first kappa shape index (κ1) is 14.2. The number of amidine groups is 1. The normalized spacial score (nSPS) is 11.3. The van der Waals surface area contributed by atoms with Crippen LogP contribution in [0, 0.1) is 10.1 Å². The van der Waals surface area contributed by atoms with E-state index in [0.29, 0.717) is 17.3 Å². The van der Waals surface area contributed by atoms with E-state index in [2.05, 4.69) is 21.1 Å². The molecular weight excluding hydrogens is 306 g/mol. The molecular formula is C10H12BrN3O4. The fourth-order valence-electron chi connectivity index (χ4n) is 1.26. The van der Waals surface area contributed by atoms with E-state index < -0.39 is 4.92 Å². The Hall–Kier alpha value is -1.83. The summed E-state index contributed by atoms with van der Waals surface area (Å²) in [5, 5.41) is 21.9. The second-order valence-electron chi connectivity index (χ2n) is 3.39. The fraction of sp³-hybridized carbons (Fsp3) is 0.300. The number of ether oxygens (including phenoxy) is 1. The summed E-state index contributed by atoms with van der Waals surface area (Å²) in [5.74, 6) is 0.280. The summed E-state index contributed by atoms with van der Waals surface area (Å²) < 4.78 is 5.86. The molecule has 0 fully saturated rings. The van der Waals surface area contributed by atoms with Gasteiger partial charge in [-0.15, -0.1) is 0 Å². The van der Waals surface area contributed by atoms with Crippen LogP contribution in [0.5, 0.6) is 5.75 Å². The monoisotopic (exact) mass is 317 g/mol. The van der Waals surface area contributed by atoms with Crippen molar-refractivity contribution in [3.05, 3.63) is 32.8 Å². The molecule has 0 radical (unpaired) electrons. The Morgan fingerprint density at radius 3 is 2.94 bits per heavy atom. The Morgan fingerprint density at radius 1 is 1.61 bits per heavy atom. The van der Waals surface area contributed by atoms with Gasteiger partial charge in [0.25, 0.3) is 0 Å². The largest absolute Gasteiger partial charge is 0.486 e. The average molecular weight is 318 g/mol. The van der Waals surface area contributed by atoms with E-state index in [0.717, 1.165) is 0 Å². The molecule has 0 aliphatic carbocycles. The molecule has 7 nitrogen and oxygen atoms in total. The van der Waals surface area contributed by atoms with Crippen LogP contribution in [-0.4, -0.2) is 22.6 Å². The van der Waals surface area contributed by atoms with Crippen LogP contribution >= 0.6 is 15.9 Å². The van der Waals surface area contributed by atoms with Gasteiger partial charge >= 0.3 is 5.69 Å². The zero-order valence-electron chi connectivity index (χ0n) is 9.38. The third-order valence-corrected chi connectivity index (χ3v) is 2.72. The van der Waals surface area contributed by atoms with Crippen molar-refractivity contribution in [3.8, 4) is 5.75 Å². The van der Waals surface area contributed by atoms with Crippen molar-refractivity contribution in [1.29, 1.82) is 0 Å². The molecule has 98 valence electrons. The van der Waals surface area contributed by atoms with E-state index in [4.69, 9.17) is 15.7 Å². The van der Waals surface area contributed by atoms with Gasteiger partial charge in [-0.25, -0.2) is 0 Å². The minimum Gasteiger partial charge on any atom is -0.486 e. The maximum absolute atomic E-state index is 10.8. The van der Waals surface area contributed by atoms with Crippen molar-refractivity contribution < 1.29 is 14.9 Å². The summed E-state index contributed by atoms with van der Waals surface area (Å²) in [6.07, 6.45) is 0.850. The molecule has 3 N–H and O–H groups in total. The van der Waals surface area contributed by atoms with Crippen LogP contribution in [0.25, 0.3) is 0 Å². The van der Waals surface area contributed by atoms with Gasteiger partial charge in [0.05, 0.1) is 16.0 Å². The summed E-state index contributed by atoms with van der Waals surface area (Å²) in [7, 11) is 0. The summed E-state index contributed by atoms with van der Waals surface area (Å²) in [5.41, 5.74) is 5.18. The lowest BCUT2D eigenvalue weighted by Gasteiger charge is -2.08. The SMILES string of the molecule is N/C(CCCOc1c(Br)cccc1[N+](=O)[O-])=N/O. The summed E-state index contributed by atoms with van der Waals surface area (Å²) in [6.45, 7) is 0.236. The van der Waals surface area contributed by atoms with Gasteiger partial charge in [-0.3, -0.25) is 10.1 Å². The Kier molecular flexibility index (Phi) is 5.37. The first-order valence-corrected chi connectivity index (χ1v) is 5.87. The first-order chi connectivity index (χ1) is 8.56. The number of rotatable bonds is 6. The standard InChI is InChI=1S/C10H12BrN3O4/c11-7-3-1-4-8(14(16)17)10(7)18-6-2-5-9(12)13-15/h1,3-4,15H,2,5-6H2,(H2,12,13). The van der Waals surface area contributed by atoms with Crippen LogP contribution in [0.1, 0.15) is 12.8 Å². The Morgan fingerprint density at radius 2 is 2.33 bits per heavy atom. The lowest BCUT2D eigenvalue weighted by atomic mass is 10.3. The van der Waals surface area contributed by atoms with Crippen molar-refractivity contribution in [1.82, 2.24) is 0 Å². The highest BCUT2D eigenvalue weighted by atomic mass is 79.9. The van der Waals surface area contributed by atoms with Crippen LogP contribution < -0.4 is 10.5 Å². The Labute approximate surface area is 112 Å². The molecule has 0 unspecified atom stereocenters. The molecule has 0 saturated heterocycles. The molecule has 0 saturated carbocycles. The van der Waals surface area contributed by atoms with E-state index in [-0.39, 0.29) is 23.9 Å². The van der Waals surface area contributed by atoms with Gasteiger partial charge in [-0.05, 0) is 28.4 Å². The lowest BCUT2D eigenvalue weighted by Crippen LogP contribution is -2.13. The maximum Gasteiger partial charge on any atom is 0.312 e. The van der Waals surface area contributed by atoms with E-state index in [1.807, 2.05) is 0 Å². The van der Waals surface area contributed by atoms with E-state index >= 15 is 0 Å². The average Bonchev–Trinajstić information content (AvgIpc) is 2.35. The number of hydrogen-bond donors (Lipinski definition) is 2. The molecule has 0 aromatic heterocycles. The van der Waals surface area contributed by atoms with Crippen molar-refractivity contribution in [2.45, 2.75) is 12.8 Å². The molecule has 0 aliphatic rings. The quantitative estimate of drug-likeness (QED) is 0.209.